The van der Waals surface area contributed by atoms with Gasteiger partial charge in [0.25, 0.3) is 16.1 Å². The third-order valence-corrected chi connectivity index (χ3v) is 10.4. The molecule has 1 saturated heterocycles. The van der Waals surface area contributed by atoms with E-state index in [-0.39, 0.29) is 31.3 Å². The van der Waals surface area contributed by atoms with Crippen molar-refractivity contribution in [3.8, 4) is 0 Å². The van der Waals surface area contributed by atoms with Gasteiger partial charge in [-0.3, -0.25) is 19.2 Å². The van der Waals surface area contributed by atoms with Crippen molar-refractivity contribution in [1.82, 2.24) is 29.9 Å². The number of hydrogen-bond acceptors (Lipinski definition) is 6. The zero-order valence-corrected chi connectivity index (χ0v) is 28.4. The van der Waals surface area contributed by atoms with Crippen molar-refractivity contribution < 1.29 is 27.6 Å². The first-order valence-electron chi connectivity index (χ1n) is 16.5. The van der Waals surface area contributed by atoms with Crippen LogP contribution in [0.4, 0.5) is 0 Å². The Morgan fingerprint density at radius 3 is 2.02 bits per heavy atom. The second-order valence-electron chi connectivity index (χ2n) is 12.8. The van der Waals surface area contributed by atoms with Crippen LogP contribution in [-0.4, -0.2) is 85.0 Å². The Labute approximate surface area is 278 Å². The molecule has 5 rings (SSSR count). The van der Waals surface area contributed by atoms with Crippen LogP contribution >= 0.6 is 0 Å². The number of hydrogen-bond donors (Lipinski definition) is 4. The van der Waals surface area contributed by atoms with Crippen LogP contribution in [0.15, 0.2) is 54.6 Å². The quantitative estimate of drug-likeness (QED) is 0.346. The van der Waals surface area contributed by atoms with E-state index in [0.29, 0.717) is 44.5 Å². The Hall–Kier alpha value is -3.81. The lowest BCUT2D eigenvalue weighted by molar-refractivity contribution is -0.132. The van der Waals surface area contributed by atoms with Gasteiger partial charge in [0.05, 0.1) is 0 Å². The summed E-state index contributed by atoms with van der Waals surface area (Å²) in [7, 11) is -3.71. The smallest absolute Gasteiger partial charge is 0.282 e. The number of amides is 4. The van der Waals surface area contributed by atoms with E-state index in [1.807, 2.05) is 44.2 Å². The molecule has 0 radical (unpaired) electrons. The summed E-state index contributed by atoms with van der Waals surface area (Å²) < 4.78 is 30.1. The molecule has 0 aliphatic carbocycles. The van der Waals surface area contributed by atoms with Gasteiger partial charge < -0.3 is 21.3 Å². The van der Waals surface area contributed by atoms with E-state index in [9.17, 15) is 27.6 Å². The minimum Gasteiger partial charge on any atom is -0.354 e. The van der Waals surface area contributed by atoms with Crippen LogP contribution in [-0.2, 0) is 37.6 Å². The standard InChI is InChI=1S/C34H48N6O6S/c1-24(2)21-29-33(43)36-25(3)31(41)35-17-7-8-20-40(47(45,46)39-18-9-10-19-39)23-27-13-15-28(16-14-27)32(42)37-30(34(44)38-29)22-26-11-5-4-6-12-26/h4-6,11-16,24-25,29-30H,7-10,17-23H2,1-3H3,(H,35,41)(H,36,43)(H,37,42)(H,38,44)/t25-,29+,30-/m1/s1. The van der Waals surface area contributed by atoms with Crippen LogP contribution in [0.1, 0.15) is 74.4 Å². The molecule has 0 aromatic heterocycles. The number of rotatable bonds is 6. The number of carbonyl (C=O) groups is 4. The highest BCUT2D eigenvalue weighted by Crippen LogP contribution is 2.20. The highest BCUT2D eigenvalue weighted by Gasteiger charge is 2.32. The van der Waals surface area contributed by atoms with Gasteiger partial charge in [0.15, 0.2) is 0 Å². The van der Waals surface area contributed by atoms with Crippen LogP contribution in [0.5, 0.6) is 0 Å². The number of fused-ring (bicyclic) bond motifs is 18. The maximum absolute atomic E-state index is 13.7. The van der Waals surface area contributed by atoms with Crippen molar-refractivity contribution in [3.05, 3.63) is 71.3 Å². The summed E-state index contributed by atoms with van der Waals surface area (Å²) in [5.41, 5.74) is 1.86. The monoisotopic (exact) mass is 668 g/mol. The fourth-order valence-electron chi connectivity index (χ4n) is 5.76. The topological polar surface area (TPSA) is 157 Å². The third-order valence-electron chi connectivity index (χ3n) is 8.42. The molecule has 3 aliphatic rings. The fraction of sp³-hybridized carbons (Fsp3) is 0.529. The van der Waals surface area contributed by atoms with Crippen LogP contribution in [0.2, 0.25) is 0 Å². The molecule has 13 heteroatoms. The zero-order valence-electron chi connectivity index (χ0n) is 27.5. The van der Waals surface area contributed by atoms with Gasteiger partial charge in [-0.05, 0) is 68.2 Å². The molecule has 1 fully saturated rings. The first-order valence-corrected chi connectivity index (χ1v) is 17.9. The predicted molar refractivity (Wildman–Crippen MR) is 179 cm³/mol. The maximum Gasteiger partial charge on any atom is 0.282 e. The maximum atomic E-state index is 13.7. The van der Waals surface area contributed by atoms with Gasteiger partial charge in [0.2, 0.25) is 17.7 Å². The van der Waals surface area contributed by atoms with E-state index >= 15 is 0 Å². The molecule has 0 saturated carbocycles. The molecule has 3 aliphatic heterocycles. The van der Waals surface area contributed by atoms with Gasteiger partial charge in [0, 0.05) is 44.7 Å². The minimum absolute atomic E-state index is 0.0548. The highest BCUT2D eigenvalue weighted by molar-refractivity contribution is 7.86. The number of carbonyl (C=O) groups excluding carboxylic acids is 4. The minimum atomic E-state index is -3.71. The lowest BCUT2D eigenvalue weighted by Gasteiger charge is -2.27. The first-order chi connectivity index (χ1) is 22.4. The number of nitrogens with zero attached hydrogens (tertiary/aromatic N) is 2. The van der Waals surface area contributed by atoms with Crippen molar-refractivity contribution in [3.63, 3.8) is 0 Å². The molecular formula is C34H48N6O6S. The summed E-state index contributed by atoms with van der Waals surface area (Å²) in [6.07, 6.45) is 3.20. The van der Waals surface area contributed by atoms with Gasteiger partial charge >= 0.3 is 0 Å². The highest BCUT2D eigenvalue weighted by atomic mass is 32.2. The Morgan fingerprint density at radius 2 is 1.36 bits per heavy atom. The first kappa shape index (κ1) is 36.0. The van der Waals surface area contributed by atoms with Crippen molar-refractivity contribution >= 4 is 33.8 Å². The molecule has 0 spiro atoms. The molecule has 2 aromatic rings. The molecule has 0 unspecified atom stereocenters. The van der Waals surface area contributed by atoms with E-state index in [0.717, 1.165) is 24.0 Å². The summed E-state index contributed by atoms with van der Waals surface area (Å²) in [6.45, 7) is 7.10. The zero-order chi connectivity index (χ0) is 34.0. The molecule has 12 nitrogen and oxygen atoms in total. The van der Waals surface area contributed by atoms with Gasteiger partial charge in [-0.15, -0.1) is 0 Å². The SMILES string of the molecule is CC(C)C[C@@H]1NC(=O)[C@@H](Cc2ccccc2)NC(=O)c2ccc(cc2)CN(S(=O)(=O)N2CCCC2)CCCCNC(=O)[C@@H](C)NC1=O. The van der Waals surface area contributed by atoms with Crippen molar-refractivity contribution in [2.75, 3.05) is 26.2 Å². The van der Waals surface area contributed by atoms with Gasteiger partial charge in [-0.2, -0.15) is 17.0 Å². The molecule has 4 amide bonds. The van der Waals surface area contributed by atoms with Crippen molar-refractivity contribution in [2.45, 2.75) is 84.0 Å². The summed E-state index contributed by atoms with van der Waals surface area (Å²) in [6, 6.07) is 13.2. The van der Waals surface area contributed by atoms with Crippen molar-refractivity contribution in [1.29, 1.82) is 0 Å². The molecule has 3 heterocycles. The van der Waals surface area contributed by atoms with Gasteiger partial charge in [0.1, 0.15) is 18.1 Å². The fourth-order valence-corrected chi connectivity index (χ4v) is 7.47. The molecule has 2 aromatic carbocycles. The number of benzene rings is 2. The van der Waals surface area contributed by atoms with Gasteiger partial charge in [-0.1, -0.05) is 56.3 Å². The molecule has 47 heavy (non-hydrogen) atoms. The average Bonchev–Trinajstić information content (AvgIpc) is 3.60. The van der Waals surface area contributed by atoms with Gasteiger partial charge in [-0.25, -0.2) is 0 Å². The molecular weight excluding hydrogens is 620 g/mol. The third kappa shape index (κ3) is 10.3. The Balaban J connectivity index is 1.62. The molecule has 3 atom stereocenters. The Morgan fingerprint density at radius 1 is 0.745 bits per heavy atom. The van der Waals surface area contributed by atoms with Crippen LogP contribution in [0, 0.1) is 5.92 Å². The second-order valence-corrected chi connectivity index (χ2v) is 14.7. The summed E-state index contributed by atoms with van der Waals surface area (Å²) in [4.78, 5) is 53.4. The number of nitrogens with one attached hydrogen (secondary N) is 4. The Bertz CT molecular complexity index is 1480. The molecule has 256 valence electrons. The van der Waals surface area contributed by atoms with Crippen LogP contribution in [0.3, 0.4) is 0 Å². The van der Waals surface area contributed by atoms with E-state index in [1.54, 1.807) is 31.2 Å². The van der Waals surface area contributed by atoms with E-state index in [1.165, 1.54) is 8.61 Å². The van der Waals surface area contributed by atoms with E-state index in [2.05, 4.69) is 21.3 Å². The second kappa shape index (κ2) is 16.8. The van der Waals surface area contributed by atoms with E-state index in [4.69, 9.17) is 0 Å². The predicted octanol–water partition coefficient (Wildman–Crippen LogP) is 2.12. The summed E-state index contributed by atoms with van der Waals surface area (Å²) >= 11 is 0. The summed E-state index contributed by atoms with van der Waals surface area (Å²) in [5, 5.41) is 11.2. The summed E-state index contributed by atoms with van der Waals surface area (Å²) in [5.74, 6) is -1.82. The van der Waals surface area contributed by atoms with Crippen LogP contribution < -0.4 is 21.3 Å². The normalized spacial score (nSPS) is 23.4. The van der Waals surface area contributed by atoms with Crippen LogP contribution in [0.25, 0.3) is 0 Å². The molecule has 2 bridgehead atoms. The largest absolute Gasteiger partial charge is 0.354 e. The van der Waals surface area contributed by atoms with Crippen molar-refractivity contribution in [2.24, 2.45) is 5.92 Å². The Kier molecular flexibility index (Phi) is 12.9. The van der Waals surface area contributed by atoms with E-state index < -0.39 is 46.1 Å². The molecule has 4 N–H and O–H groups in total. The lowest BCUT2D eigenvalue weighted by atomic mass is 10.0. The lowest BCUT2D eigenvalue weighted by Crippen LogP contribution is -2.57. The average molecular weight is 669 g/mol.